The van der Waals surface area contributed by atoms with Crippen molar-refractivity contribution in [1.82, 2.24) is 20.5 Å². The van der Waals surface area contributed by atoms with Crippen LogP contribution in [0.1, 0.15) is 23.5 Å². The Kier molecular flexibility index (Phi) is 7.24. The number of ether oxygens (including phenoxy) is 1. The van der Waals surface area contributed by atoms with Gasteiger partial charge in [0.25, 0.3) is 0 Å². The number of alkyl halides is 3. The van der Waals surface area contributed by atoms with Crippen LogP contribution < -0.4 is 10.6 Å². The van der Waals surface area contributed by atoms with Crippen LogP contribution in [0.3, 0.4) is 0 Å². The summed E-state index contributed by atoms with van der Waals surface area (Å²) >= 11 is 1.02. The normalized spacial score (nSPS) is 18.2. The third-order valence-electron chi connectivity index (χ3n) is 4.65. The van der Waals surface area contributed by atoms with Crippen molar-refractivity contribution in [2.45, 2.75) is 31.0 Å². The van der Waals surface area contributed by atoms with Gasteiger partial charge >= 0.3 is 6.18 Å². The highest BCUT2D eigenvalue weighted by atomic mass is 32.1. The zero-order chi connectivity index (χ0) is 19.2. The molecule has 0 bridgehead atoms. The monoisotopic (exact) mass is 393 g/mol. The Morgan fingerprint density at radius 1 is 1.35 bits per heavy atom. The minimum Gasteiger partial charge on any atom is -0.381 e. The molecule has 1 fully saturated rings. The summed E-state index contributed by atoms with van der Waals surface area (Å²) < 4.78 is 43.2. The summed E-state index contributed by atoms with van der Waals surface area (Å²) in [6, 6.07) is 0. The maximum Gasteiger partial charge on any atom is 0.434 e. The van der Waals surface area contributed by atoms with E-state index in [1.54, 1.807) is 7.05 Å². The highest BCUT2D eigenvalue weighted by Gasteiger charge is 2.35. The molecule has 1 aromatic rings. The van der Waals surface area contributed by atoms with E-state index in [0.717, 1.165) is 49.3 Å². The van der Waals surface area contributed by atoms with Gasteiger partial charge in [-0.05, 0) is 26.9 Å². The molecule has 0 saturated carbocycles. The lowest BCUT2D eigenvalue weighted by atomic mass is 9.88. The summed E-state index contributed by atoms with van der Waals surface area (Å²) in [5.41, 5.74) is -0.820. The van der Waals surface area contributed by atoms with Crippen molar-refractivity contribution >= 4 is 17.3 Å². The van der Waals surface area contributed by atoms with E-state index in [1.807, 2.05) is 0 Å². The number of guanidine groups is 1. The van der Waals surface area contributed by atoms with Crippen LogP contribution in [0, 0.1) is 0 Å². The molecule has 148 valence electrons. The molecule has 2 heterocycles. The Labute approximate surface area is 155 Å². The Morgan fingerprint density at radius 3 is 2.58 bits per heavy atom. The molecular formula is C16H26F3N5OS. The average molecular weight is 393 g/mol. The number of thiazole rings is 1. The van der Waals surface area contributed by atoms with Crippen molar-refractivity contribution < 1.29 is 17.9 Å². The number of hydrogen-bond donors (Lipinski definition) is 2. The second kappa shape index (κ2) is 9.01. The molecule has 6 nitrogen and oxygen atoms in total. The van der Waals surface area contributed by atoms with Crippen LogP contribution in [0.4, 0.5) is 13.2 Å². The van der Waals surface area contributed by atoms with Crippen molar-refractivity contribution in [3.8, 4) is 0 Å². The molecule has 0 unspecified atom stereocenters. The summed E-state index contributed by atoms with van der Waals surface area (Å²) in [5.74, 6) is 0.630. The van der Waals surface area contributed by atoms with Gasteiger partial charge in [-0.15, -0.1) is 11.3 Å². The number of rotatable bonds is 6. The fraction of sp³-hybridized carbons (Fsp3) is 0.750. The molecule has 10 heteroatoms. The van der Waals surface area contributed by atoms with Crippen molar-refractivity contribution in [2.75, 3.05) is 47.4 Å². The molecule has 1 aliphatic rings. The van der Waals surface area contributed by atoms with E-state index in [9.17, 15) is 13.2 Å². The number of nitrogens with zero attached hydrogens (tertiary/aromatic N) is 3. The molecule has 1 aliphatic heterocycles. The standard InChI is InChI=1S/C16H26F3N5OS/c1-20-14(22-11-15(24(2)3)5-8-25-9-6-15)21-7-4-13-23-12(10-26-13)16(17,18)19/h10H,4-9,11H2,1-3H3,(H2,20,21,22). The highest BCUT2D eigenvalue weighted by molar-refractivity contribution is 7.09. The van der Waals surface area contributed by atoms with Crippen LogP contribution in [-0.4, -0.2) is 68.8 Å². The Bertz CT molecular complexity index is 597. The molecule has 1 aromatic heterocycles. The second-order valence-electron chi connectivity index (χ2n) is 6.46. The number of aromatic nitrogens is 1. The van der Waals surface area contributed by atoms with Crippen molar-refractivity contribution in [2.24, 2.45) is 4.99 Å². The number of hydrogen-bond acceptors (Lipinski definition) is 5. The van der Waals surface area contributed by atoms with Crippen molar-refractivity contribution in [1.29, 1.82) is 0 Å². The van der Waals surface area contributed by atoms with Gasteiger partial charge in [-0.1, -0.05) is 0 Å². The summed E-state index contributed by atoms with van der Waals surface area (Å²) in [6.07, 6.45) is -2.11. The molecule has 1 saturated heterocycles. The van der Waals surface area contributed by atoms with Gasteiger partial charge in [0, 0.05) is 50.7 Å². The third kappa shape index (κ3) is 5.55. The first-order valence-corrected chi connectivity index (χ1v) is 9.36. The van der Waals surface area contributed by atoms with E-state index in [-0.39, 0.29) is 5.54 Å². The largest absolute Gasteiger partial charge is 0.434 e. The molecule has 0 atom stereocenters. The summed E-state index contributed by atoms with van der Waals surface area (Å²) in [7, 11) is 5.79. The van der Waals surface area contributed by atoms with Crippen molar-refractivity contribution in [3.63, 3.8) is 0 Å². The smallest absolute Gasteiger partial charge is 0.381 e. The van der Waals surface area contributed by atoms with E-state index >= 15 is 0 Å². The Hall–Kier alpha value is -1.39. The summed E-state index contributed by atoms with van der Waals surface area (Å²) in [4.78, 5) is 10.0. The predicted molar refractivity (Wildman–Crippen MR) is 96.7 cm³/mol. The fourth-order valence-electron chi connectivity index (χ4n) is 2.85. The lowest BCUT2D eigenvalue weighted by molar-refractivity contribution is -0.140. The molecule has 0 spiro atoms. The molecule has 2 rings (SSSR count). The molecule has 0 aliphatic carbocycles. The van der Waals surface area contributed by atoms with Crippen LogP contribution in [0.2, 0.25) is 0 Å². The number of nitrogens with one attached hydrogen (secondary N) is 2. The topological polar surface area (TPSA) is 61.8 Å². The fourth-order valence-corrected chi connectivity index (χ4v) is 3.65. The first-order valence-electron chi connectivity index (χ1n) is 8.48. The first-order chi connectivity index (χ1) is 12.3. The van der Waals surface area contributed by atoms with Crippen LogP contribution in [-0.2, 0) is 17.3 Å². The first kappa shape index (κ1) is 20.9. The maximum absolute atomic E-state index is 12.6. The van der Waals surface area contributed by atoms with Crippen LogP contribution in [0.25, 0.3) is 0 Å². The van der Waals surface area contributed by atoms with E-state index < -0.39 is 11.9 Å². The maximum atomic E-state index is 12.6. The average Bonchev–Trinajstić information content (AvgIpc) is 3.08. The predicted octanol–water partition coefficient (Wildman–Crippen LogP) is 1.98. The van der Waals surface area contributed by atoms with Gasteiger partial charge in [-0.2, -0.15) is 13.2 Å². The van der Waals surface area contributed by atoms with Crippen molar-refractivity contribution in [3.05, 3.63) is 16.1 Å². The Balaban J connectivity index is 1.81. The molecule has 0 radical (unpaired) electrons. The molecule has 2 N–H and O–H groups in total. The highest BCUT2D eigenvalue weighted by Crippen LogP contribution is 2.30. The van der Waals surface area contributed by atoms with Gasteiger partial charge in [0.1, 0.15) is 0 Å². The van der Waals surface area contributed by atoms with Crippen LogP contribution >= 0.6 is 11.3 Å². The minimum atomic E-state index is -4.38. The van der Waals surface area contributed by atoms with E-state index in [2.05, 4.69) is 39.6 Å². The summed E-state index contributed by atoms with van der Waals surface area (Å²) in [5, 5.41) is 7.96. The summed E-state index contributed by atoms with van der Waals surface area (Å²) in [6.45, 7) is 2.65. The molecule has 0 aromatic carbocycles. The van der Waals surface area contributed by atoms with Gasteiger partial charge in [-0.3, -0.25) is 4.99 Å². The SMILES string of the molecule is CN=C(NCCc1nc(C(F)(F)F)cs1)NCC1(N(C)C)CCOCC1. The van der Waals surface area contributed by atoms with Gasteiger partial charge in [-0.25, -0.2) is 4.98 Å². The third-order valence-corrected chi connectivity index (χ3v) is 5.56. The zero-order valence-corrected chi connectivity index (χ0v) is 16.1. The molecule has 0 amide bonds. The zero-order valence-electron chi connectivity index (χ0n) is 15.3. The van der Waals surface area contributed by atoms with Crippen LogP contribution in [0.15, 0.2) is 10.4 Å². The van der Waals surface area contributed by atoms with Gasteiger partial charge in [0.05, 0.1) is 5.01 Å². The number of halogens is 3. The van der Waals surface area contributed by atoms with E-state index in [4.69, 9.17) is 4.74 Å². The minimum absolute atomic E-state index is 0.00673. The van der Waals surface area contributed by atoms with Gasteiger partial charge in [0.15, 0.2) is 11.7 Å². The number of aliphatic imine (C=N–C) groups is 1. The van der Waals surface area contributed by atoms with Gasteiger partial charge < -0.3 is 20.3 Å². The lowest BCUT2D eigenvalue weighted by Crippen LogP contribution is -2.57. The second-order valence-corrected chi connectivity index (χ2v) is 7.40. The molecular weight excluding hydrogens is 367 g/mol. The lowest BCUT2D eigenvalue weighted by Gasteiger charge is -2.43. The van der Waals surface area contributed by atoms with E-state index in [1.165, 1.54) is 0 Å². The quantitative estimate of drug-likeness (QED) is 0.572. The van der Waals surface area contributed by atoms with Crippen LogP contribution in [0.5, 0.6) is 0 Å². The van der Waals surface area contributed by atoms with Gasteiger partial charge in [0.2, 0.25) is 0 Å². The van der Waals surface area contributed by atoms with E-state index in [0.29, 0.717) is 23.9 Å². The number of likely N-dealkylation sites (N-methyl/N-ethyl adjacent to an activating group) is 1. The Morgan fingerprint density at radius 2 is 2.04 bits per heavy atom. The molecule has 26 heavy (non-hydrogen) atoms.